The standard InChI is InChI=1S/C8H14N2O/c1-2-3-4-5-6-7-8(11)10-9/h4-7H,2-3,9H2,1H3,(H,10,11). The molecule has 0 fully saturated rings. The quantitative estimate of drug-likeness (QED) is 0.208. The summed E-state index contributed by atoms with van der Waals surface area (Å²) in [5.74, 6) is 4.55. The van der Waals surface area contributed by atoms with Crippen LogP contribution in [-0.2, 0) is 4.79 Å². The SMILES string of the molecule is CCCC=CC=CC(=O)NN. The Morgan fingerprint density at radius 1 is 1.55 bits per heavy atom. The van der Waals surface area contributed by atoms with Gasteiger partial charge in [-0.25, -0.2) is 5.84 Å². The molecule has 0 heterocycles. The van der Waals surface area contributed by atoms with Crippen LogP contribution in [0.25, 0.3) is 0 Å². The lowest BCUT2D eigenvalue weighted by atomic mass is 10.3. The van der Waals surface area contributed by atoms with Gasteiger partial charge in [-0.3, -0.25) is 10.2 Å². The molecule has 0 bridgehead atoms. The summed E-state index contributed by atoms with van der Waals surface area (Å²) in [5.41, 5.74) is 2.00. The second kappa shape index (κ2) is 7.02. The van der Waals surface area contributed by atoms with Gasteiger partial charge in [0.15, 0.2) is 0 Å². The zero-order chi connectivity index (χ0) is 8.53. The van der Waals surface area contributed by atoms with Gasteiger partial charge in [0.05, 0.1) is 0 Å². The van der Waals surface area contributed by atoms with Gasteiger partial charge >= 0.3 is 0 Å². The number of carbonyl (C=O) groups excluding carboxylic acids is 1. The van der Waals surface area contributed by atoms with Crippen molar-refractivity contribution in [3.63, 3.8) is 0 Å². The molecule has 0 saturated heterocycles. The topological polar surface area (TPSA) is 55.1 Å². The van der Waals surface area contributed by atoms with Gasteiger partial charge in [-0.2, -0.15) is 0 Å². The predicted octanol–water partition coefficient (Wildman–Crippen LogP) is 0.889. The van der Waals surface area contributed by atoms with E-state index in [4.69, 9.17) is 5.84 Å². The highest BCUT2D eigenvalue weighted by Gasteiger charge is 1.83. The van der Waals surface area contributed by atoms with Crippen molar-refractivity contribution in [1.82, 2.24) is 5.43 Å². The number of hydrazine groups is 1. The fourth-order valence-corrected chi connectivity index (χ4v) is 0.533. The molecule has 0 unspecified atom stereocenters. The third-order valence-electron chi connectivity index (χ3n) is 1.09. The van der Waals surface area contributed by atoms with Crippen LogP contribution in [0.1, 0.15) is 19.8 Å². The number of allylic oxidation sites excluding steroid dienone is 3. The van der Waals surface area contributed by atoms with Crippen LogP contribution in [0, 0.1) is 0 Å². The van der Waals surface area contributed by atoms with Crippen LogP contribution >= 0.6 is 0 Å². The first-order chi connectivity index (χ1) is 5.31. The maximum Gasteiger partial charge on any atom is 0.257 e. The summed E-state index contributed by atoms with van der Waals surface area (Å²) in [7, 11) is 0. The molecule has 0 aliphatic rings. The van der Waals surface area contributed by atoms with Crippen LogP contribution in [0.2, 0.25) is 0 Å². The highest BCUT2D eigenvalue weighted by atomic mass is 16.2. The second-order valence-corrected chi connectivity index (χ2v) is 2.08. The lowest BCUT2D eigenvalue weighted by Crippen LogP contribution is -2.27. The molecule has 0 aliphatic heterocycles. The van der Waals surface area contributed by atoms with Gasteiger partial charge in [-0.1, -0.05) is 31.6 Å². The predicted molar refractivity (Wildman–Crippen MR) is 45.5 cm³/mol. The van der Waals surface area contributed by atoms with E-state index >= 15 is 0 Å². The minimum Gasteiger partial charge on any atom is -0.291 e. The second-order valence-electron chi connectivity index (χ2n) is 2.08. The summed E-state index contributed by atoms with van der Waals surface area (Å²) in [5, 5.41) is 0. The molecular weight excluding hydrogens is 140 g/mol. The van der Waals surface area contributed by atoms with Crippen molar-refractivity contribution < 1.29 is 4.79 Å². The highest BCUT2D eigenvalue weighted by molar-refractivity contribution is 5.87. The van der Waals surface area contributed by atoms with Crippen LogP contribution in [0.15, 0.2) is 24.3 Å². The summed E-state index contributed by atoms with van der Waals surface area (Å²) in [4.78, 5) is 10.5. The smallest absolute Gasteiger partial charge is 0.257 e. The van der Waals surface area contributed by atoms with Crippen molar-refractivity contribution in [2.45, 2.75) is 19.8 Å². The van der Waals surface area contributed by atoms with Crippen LogP contribution in [0.4, 0.5) is 0 Å². The summed E-state index contributed by atoms with van der Waals surface area (Å²) in [6, 6.07) is 0. The fraction of sp³-hybridized carbons (Fsp3) is 0.375. The number of rotatable bonds is 4. The molecule has 0 aromatic rings. The van der Waals surface area contributed by atoms with E-state index in [1.54, 1.807) is 6.08 Å². The Kier molecular flexibility index (Phi) is 6.33. The van der Waals surface area contributed by atoms with Crippen LogP contribution < -0.4 is 11.3 Å². The first-order valence-corrected chi connectivity index (χ1v) is 3.65. The van der Waals surface area contributed by atoms with Crippen LogP contribution in [0.5, 0.6) is 0 Å². The Morgan fingerprint density at radius 2 is 2.27 bits per heavy atom. The lowest BCUT2D eigenvalue weighted by molar-refractivity contribution is -0.116. The molecule has 3 nitrogen and oxygen atoms in total. The maximum absolute atomic E-state index is 10.5. The van der Waals surface area contributed by atoms with E-state index < -0.39 is 0 Å². The summed E-state index contributed by atoms with van der Waals surface area (Å²) in [6.45, 7) is 2.10. The first kappa shape index (κ1) is 9.91. The molecule has 0 atom stereocenters. The van der Waals surface area contributed by atoms with Gasteiger partial charge < -0.3 is 0 Å². The number of nitrogens with two attached hydrogens (primary N) is 1. The number of hydrogen-bond acceptors (Lipinski definition) is 2. The molecule has 1 amide bonds. The molecular formula is C8H14N2O. The maximum atomic E-state index is 10.5. The van der Waals surface area contributed by atoms with E-state index in [0.29, 0.717) is 0 Å². The van der Waals surface area contributed by atoms with Crippen molar-refractivity contribution >= 4 is 5.91 Å². The summed E-state index contributed by atoms with van der Waals surface area (Å²) >= 11 is 0. The van der Waals surface area contributed by atoms with E-state index in [1.807, 2.05) is 17.6 Å². The number of unbranched alkanes of at least 4 members (excludes halogenated alkanes) is 1. The largest absolute Gasteiger partial charge is 0.291 e. The molecule has 0 aromatic carbocycles. The van der Waals surface area contributed by atoms with E-state index in [1.165, 1.54) is 6.08 Å². The Bertz CT molecular complexity index is 161. The van der Waals surface area contributed by atoms with E-state index in [2.05, 4.69) is 6.92 Å². The molecule has 11 heavy (non-hydrogen) atoms. The molecule has 3 heteroatoms. The average molecular weight is 154 g/mol. The summed E-state index contributed by atoms with van der Waals surface area (Å²) < 4.78 is 0. The summed E-state index contributed by atoms with van der Waals surface area (Å²) in [6.07, 6.45) is 9.03. The third kappa shape index (κ3) is 6.80. The molecule has 0 aromatic heterocycles. The Hall–Kier alpha value is -1.09. The van der Waals surface area contributed by atoms with Gasteiger partial charge in [0.25, 0.3) is 5.91 Å². The Morgan fingerprint density at radius 3 is 2.82 bits per heavy atom. The average Bonchev–Trinajstić information content (AvgIpc) is 2.04. The van der Waals surface area contributed by atoms with Gasteiger partial charge in [0.2, 0.25) is 0 Å². The monoisotopic (exact) mass is 154 g/mol. The third-order valence-corrected chi connectivity index (χ3v) is 1.09. The minimum absolute atomic E-state index is 0.286. The van der Waals surface area contributed by atoms with E-state index in [0.717, 1.165) is 12.8 Å². The van der Waals surface area contributed by atoms with Crippen molar-refractivity contribution in [1.29, 1.82) is 0 Å². The van der Waals surface area contributed by atoms with Crippen molar-refractivity contribution in [2.24, 2.45) is 5.84 Å². The zero-order valence-corrected chi connectivity index (χ0v) is 6.71. The molecule has 3 N–H and O–H groups in total. The molecule has 0 saturated carbocycles. The normalized spacial score (nSPS) is 11.1. The lowest BCUT2D eigenvalue weighted by Gasteiger charge is -1.86. The van der Waals surface area contributed by atoms with Gasteiger partial charge in [-0.15, -0.1) is 0 Å². The number of carbonyl (C=O) groups is 1. The van der Waals surface area contributed by atoms with Gasteiger partial charge in [0.1, 0.15) is 0 Å². The zero-order valence-electron chi connectivity index (χ0n) is 6.71. The highest BCUT2D eigenvalue weighted by Crippen LogP contribution is 1.88. The van der Waals surface area contributed by atoms with E-state index in [9.17, 15) is 4.79 Å². The van der Waals surface area contributed by atoms with Crippen molar-refractivity contribution in [3.8, 4) is 0 Å². The van der Waals surface area contributed by atoms with Gasteiger partial charge in [-0.05, 0) is 6.42 Å². The molecule has 0 aliphatic carbocycles. The first-order valence-electron chi connectivity index (χ1n) is 3.65. The van der Waals surface area contributed by atoms with Gasteiger partial charge in [0, 0.05) is 6.08 Å². The molecule has 0 rings (SSSR count). The molecule has 0 radical (unpaired) electrons. The van der Waals surface area contributed by atoms with Crippen molar-refractivity contribution in [3.05, 3.63) is 24.3 Å². The molecule has 0 spiro atoms. The van der Waals surface area contributed by atoms with Crippen LogP contribution in [-0.4, -0.2) is 5.91 Å². The molecule has 62 valence electrons. The fourth-order valence-electron chi connectivity index (χ4n) is 0.533. The Balaban J connectivity index is 3.50. The number of amides is 1. The Labute approximate surface area is 66.9 Å². The van der Waals surface area contributed by atoms with Crippen LogP contribution in [0.3, 0.4) is 0 Å². The number of hydrogen-bond donors (Lipinski definition) is 2. The number of nitrogens with one attached hydrogen (secondary N) is 1. The van der Waals surface area contributed by atoms with Crippen molar-refractivity contribution in [2.75, 3.05) is 0 Å². The van der Waals surface area contributed by atoms with E-state index in [-0.39, 0.29) is 5.91 Å². The minimum atomic E-state index is -0.286.